The van der Waals surface area contributed by atoms with Gasteiger partial charge in [-0.15, -0.1) is 0 Å². The average Bonchev–Trinajstić information content (AvgIpc) is 3.25. The first-order valence-corrected chi connectivity index (χ1v) is 9.91. The molecule has 0 atom stereocenters. The Morgan fingerprint density at radius 2 is 2.04 bits per heavy atom. The zero-order valence-corrected chi connectivity index (χ0v) is 15.3. The summed E-state index contributed by atoms with van der Waals surface area (Å²) in [5.74, 6) is 1.16. The number of rotatable bonds is 6. The van der Waals surface area contributed by atoms with Crippen LogP contribution in [-0.2, 0) is 17.8 Å². The molecular weight excluding hydrogens is 342 g/mol. The molecule has 0 spiro atoms. The molecule has 0 fully saturated rings. The highest BCUT2D eigenvalue weighted by atomic mass is 32.2. The number of anilines is 1. The number of hydrogen-bond donors (Lipinski definition) is 1. The molecule has 0 aliphatic carbocycles. The van der Waals surface area contributed by atoms with E-state index in [2.05, 4.69) is 33.2 Å². The van der Waals surface area contributed by atoms with Gasteiger partial charge in [0.2, 0.25) is 5.91 Å². The molecule has 5 heteroatoms. The maximum absolute atomic E-state index is 12.2. The van der Waals surface area contributed by atoms with Crippen LogP contribution >= 0.6 is 11.8 Å². The van der Waals surface area contributed by atoms with E-state index in [0.717, 1.165) is 47.2 Å². The lowest BCUT2D eigenvalue weighted by Crippen LogP contribution is -2.11. The molecule has 2 aromatic carbocycles. The molecule has 1 aromatic heterocycles. The summed E-state index contributed by atoms with van der Waals surface area (Å²) in [6.45, 7) is 1.02. The maximum Gasteiger partial charge on any atom is 0.224 e. The summed E-state index contributed by atoms with van der Waals surface area (Å²) in [7, 11) is 0. The van der Waals surface area contributed by atoms with Crippen LogP contribution in [0.15, 0.2) is 66.0 Å². The molecule has 0 saturated heterocycles. The van der Waals surface area contributed by atoms with Crippen molar-refractivity contribution in [3.05, 3.63) is 66.4 Å². The van der Waals surface area contributed by atoms with Gasteiger partial charge < -0.3 is 9.88 Å². The average molecular weight is 363 g/mol. The predicted molar refractivity (Wildman–Crippen MR) is 106 cm³/mol. The number of fused-ring (bicyclic) bond motifs is 1. The highest BCUT2D eigenvalue weighted by Gasteiger charge is 2.15. The van der Waals surface area contributed by atoms with Crippen molar-refractivity contribution in [2.24, 2.45) is 0 Å². The van der Waals surface area contributed by atoms with Gasteiger partial charge in [-0.05, 0) is 30.5 Å². The number of hydrogen-bond acceptors (Lipinski definition) is 3. The minimum absolute atomic E-state index is 0.0565. The fourth-order valence-corrected chi connectivity index (χ4v) is 4.07. The maximum atomic E-state index is 12.2. The van der Waals surface area contributed by atoms with Gasteiger partial charge in [0.05, 0.1) is 5.69 Å². The van der Waals surface area contributed by atoms with Gasteiger partial charge in [0.15, 0.2) is 5.16 Å². The van der Waals surface area contributed by atoms with Crippen molar-refractivity contribution >= 4 is 23.4 Å². The second-order valence-electron chi connectivity index (χ2n) is 6.42. The van der Waals surface area contributed by atoms with Gasteiger partial charge in [-0.25, -0.2) is 4.98 Å². The van der Waals surface area contributed by atoms with E-state index >= 15 is 0 Å². The molecule has 0 bridgehead atoms. The fourth-order valence-electron chi connectivity index (χ4n) is 3.13. The SMILES string of the molecule is O=C(CCCc1ccccc1)Nc1cccc(-c2cn3c(n2)SCC3)c1. The zero-order chi connectivity index (χ0) is 17.8. The Kier molecular flexibility index (Phi) is 5.07. The molecule has 1 aliphatic rings. The van der Waals surface area contributed by atoms with Crippen LogP contribution in [-0.4, -0.2) is 21.2 Å². The Morgan fingerprint density at radius 3 is 2.88 bits per heavy atom. The Balaban J connectivity index is 1.35. The number of imidazole rings is 1. The summed E-state index contributed by atoms with van der Waals surface area (Å²) in [5, 5.41) is 4.09. The van der Waals surface area contributed by atoms with Crippen LogP contribution in [0.2, 0.25) is 0 Å². The Morgan fingerprint density at radius 1 is 1.15 bits per heavy atom. The van der Waals surface area contributed by atoms with Crippen molar-refractivity contribution < 1.29 is 4.79 Å². The highest BCUT2D eigenvalue weighted by molar-refractivity contribution is 7.99. The number of carbonyl (C=O) groups excluding carboxylic acids is 1. The summed E-state index contributed by atoms with van der Waals surface area (Å²) >= 11 is 1.79. The lowest BCUT2D eigenvalue weighted by atomic mass is 10.1. The normalized spacial score (nSPS) is 12.8. The molecule has 1 N–H and O–H groups in total. The van der Waals surface area contributed by atoms with Crippen LogP contribution in [0.25, 0.3) is 11.3 Å². The fraction of sp³-hybridized carbons (Fsp3) is 0.238. The van der Waals surface area contributed by atoms with Gasteiger partial charge in [0.25, 0.3) is 0 Å². The van der Waals surface area contributed by atoms with Gasteiger partial charge in [0, 0.05) is 36.2 Å². The lowest BCUT2D eigenvalue weighted by molar-refractivity contribution is -0.116. The second kappa shape index (κ2) is 7.79. The first-order valence-electron chi connectivity index (χ1n) is 8.92. The van der Waals surface area contributed by atoms with Crippen molar-refractivity contribution in [1.29, 1.82) is 0 Å². The van der Waals surface area contributed by atoms with E-state index in [4.69, 9.17) is 0 Å². The number of benzene rings is 2. The highest BCUT2D eigenvalue weighted by Crippen LogP contribution is 2.29. The van der Waals surface area contributed by atoms with Gasteiger partial charge in [-0.2, -0.15) is 0 Å². The molecule has 3 aromatic rings. The summed E-state index contributed by atoms with van der Waals surface area (Å²) in [6.07, 6.45) is 4.39. The molecule has 4 nitrogen and oxygen atoms in total. The summed E-state index contributed by atoms with van der Waals surface area (Å²) in [4.78, 5) is 16.9. The van der Waals surface area contributed by atoms with Crippen LogP contribution in [0.4, 0.5) is 5.69 Å². The number of thioether (sulfide) groups is 1. The van der Waals surface area contributed by atoms with Crippen molar-refractivity contribution in [2.75, 3.05) is 11.1 Å². The second-order valence-corrected chi connectivity index (χ2v) is 7.48. The standard InChI is InChI=1S/C21H21N3OS/c25-20(11-4-8-16-6-2-1-3-7-16)22-18-10-5-9-17(14-18)19-15-24-12-13-26-21(24)23-19/h1-3,5-7,9-10,14-15H,4,8,11-13H2,(H,22,25). The molecule has 1 amide bonds. The van der Waals surface area contributed by atoms with Gasteiger partial charge in [0.1, 0.15) is 0 Å². The van der Waals surface area contributed by atoms with E-state index in [0.29, 0.717) is 6.42 Å². The first kappa shape index (κ1) is 16.9. The van der Waals surface area contributed by atoms with Crippen molar-refractivity contribution in [1.82, 2.24) is 9.55 Å². The third-order valence-electron chi connectivity index (χ3n) is 4.46. The number of aryl methyl sites for hydroxylation is 2. The van der Waals surface area contributed by atoms with Crippen LogP contribution in [0.1, 0.15) is 18.4 Å². The number of aromatic nitrogens is 2. The van der Waals surface area contributed by atoms with Crippen LogP contribution in [0.3, 0.4) is 0 Å². The number of nitrogens with one attached hydrogen (secondary N) is 1. The summed E-state index contributed by atoms with van der Waals surface area (Å²) in [6, 6.07) is 18.2. The Bertz CT molecular complexity index is 883. The van der Waals surface area contributed by atoms with Crippen molar-refractivity contribution in [2.45, 2.75) is 31.0 Å². The van der Waals surface area contributed by atoms with E-state index in [1.165, 1.54) is 5.56 Å². The van der Waals surface area contributed by atoms with Crippen LogP contribution in [0.5, 0.6) is 0 Å². The molecule has 2 heterocycles. The summed E-state index contributed by atoms with van der Waals surface area (Å²) in [5.41, 5.74) is 4.10. The molecule has 132 valence electrons. The minimum Gasteiger partial charge on any atom is -0.326 e. The lowest BCUT2D eigenvalue weighted by Gasteiger charge is -2.07. The summed E-state index contributed by atoms with van der Waals surface area (Å²) < 4.78 is 2.19. The Labute approximate surface area is 157 Å². The van der Waals surface area contributed by atoms with Gasteiger partial charge in [-0.1, -0.05) is 54.2 Å². The van der Waals surface area contributed by atoms with E-state index in [-0.39, 0.29) is 5.91 Å². The topological polar surface area (TPSA) is 46.9 Å². The molecule has 0 radical (unpaired) electrons. The third-order valence-corrected chi connectivity index (χ3v) is 5.43. The number of amides is 1. The van der Waals surface area contributed by atoms with E-state index < -0.39 is 0 Å². The van der Waals surface area contributed by atoms with E-state index in [1.807, 2.05) is 42.5 Å². The van der Waals surface area contributed by atoms with Crippen molar-refractivity contribution in [3.8, 4) is 11.3 Å². The molecule has 4 rings (SSSR count). The van der Waals surface area contributed by atoms with Gasteiger partial charge >= 0.3 is 0 Å². The number of carbonyl (C=O) groups is 1. The van der Waals surface area contributed by atoms with Gasteiger partial charge in [-0.3, -0.25) is 4.79 Å². The molecular formula is C21H21N3OS. The number of nitrogens with zero attached hydrogens (tertiary/aromatic N) is 2. The van der Waals surface area contributed by atoms with Crippen LogP contribution < -0.4 is 5.32 Å². The minimum atomic E-state index is 0.0565. The molecule has 26 heavy (non-hydrogen) atoms. The zero-order valence-electron chi connectivity index (χ0n) is 14.5. The van der Waals surface area contributed by atoms with E-state index in [9.17, 15) is 4.79 Å². The predicted octanol–water partition coefficient (Wildman–Crippen LogP) is 4.62. The van der Waals surface area contributed by atoms with E-state index in [1.54, 1.807) is 11.8 Å². The molecule has 0 saturated carbocycles. The largest absolute Gasteiger partial charge is 0.326 e. The monoisotopic (exact) mass is 363 g/mol. The molecule has 0 unspecified atom stereocenters. The van der Waals surface area contributed by atoms with Crippen molar-refractivity contribution in [3.63, 3.8) is 0 Å². The first-order chi connectivity index (χ1) is 12.8. The third kappa shape index (κ3) is 3.99. The molecule has 1 aliphatic heterocycles. The van der Waals surface area contributed by atoms with Crippen LogP contribution in [0, 0.1) is 0 Å². The quantitative estimate of drug-likeness (QED) is 0.695. The Hall–Kier alpha value is -2.53. The smallest absolute Gasteiger partial charge is 0.224 e.